The molecule has 0 unspecified atom stereocenters. The van der Waals surface area contributed by atoms with Gasteiger partial charge in [-0.2, -0.15) is 5.10 Å². The van der Waals surface area contributed by atoms with Crippen molar-refractivity contribution in [3.05, 3.63) is 53.9 Å². The molecule has 0 aliphatic carbocycles. The molecular weight excluding hydrogens is 250 g/mol. The molecule has 0 saturated carbocycles. The van der Waals surface area contributed by atoms with Gasteiger partial charge >= 0.3 is 0 Å². The third-order valence-electron chi connectivity index (χ3n) is 3.28. The van der Waals surface area contributed by atoms with Crippen molar-refractivity contribution in [2.45, 2.75) is 33.4 Å². The van der Waals surface area contributed by atoms with Crippen LogP contribution >= 0.6 is 0 Å². The summed E-state index contributed by atoms with van der Waals surface area (Å²) in [6.45, 7) is 6.00. The summed E-state index contributed by atoms with van der Waals surface area (Å²) >= 11 is 0. The van der Waals surface area contributed by atoms with Gasteiger partial charge in [0.15, 0.2) is 0 Å². The van der Waals surface area contributed by atoms with Crippen molar-refractivity contribution in [3.63, 3.8) is 0 Å². The Morgan fingerprint density at radius 1 is 1.25 bits per heavy atom. The fourth-order valence-corrected chi connectivity index (χ4v) is 2.14. The van der Waals surface area contributed by atoms with Gasteiger partial charge in [-0.1, -0.05) is 30.3 Å². The Labute approximate surface area is 120 Å². The summed E-state index contributed by atoms with van der Waals surface area (Å²) in [4.78, 5) is 14.1. The molecule has 0 spiro atoms. The second-order valence-electron chi connectivity index (χ2n) is 4.86. The lowest BCUT2D eigenvalue weighted by Gasteiger charge is -2.21. The van der Waals surface area contributed by atoms with Gasteiger partial charge in [0.05, 0.1) is 5.69 Å². The Bertz CT molecular complexity index is 548. The highest BCUT2D eigenvalue weighted by Crippen LogP contribution is 2.06. The van der Waals surface area contributed by atoms with Crippen molar-refractivity contribution in [2.75, 3.05) is 6.54 Å². The Morgan fingerprint density at radius 3 is 2.60 bits per heavy atom. The zero-order valence-electron chi connectivity index (χ0n) is 12.1. The van der Waals surface area contributed by atoms with Crippen molar-refractivity contribution in [2.24, 2.45) is 0 Å². The minimum atomic E-state index is 0.171. The average molecular weight is 271 g/mol. The second kappa shape index (κ2) is 6.89. The Hall–Kier alpha value is -2.10. The van der Waals surface area contributed by atoms with E-state index < -0.39 is 0 Å². The molecule has 0 aliphatic heterocycles. The van der Waals surface area contributed by atoms with Gasteiger partial charge in [0, 0.05) is 32.3 Å². The summed E-state index contributed by atoms with van der Waals surface area (Å²) in [5, 5.41) is 4.30. The van der Waals surface area contributed by atoms with E-state index in [-0.39, 0.29) is 5.91 Å². The van der Waals surface area contributed by atoms with Crippen molar-refractivity contribution >= 4 is 5.91 Å². The van der Waals surface area contributed by atoms with E-state index in [4.69, 9.17) is 0 Å². The quantitative estimate of drug-likeness (QED) is 0.810. The lowest BCUT2D eigenvalue weighted by molar-refractivity contribution is -0.131. The topological polar surface area (TPSA) is 38.1 Å². The monoisotopic (exact) mass is 271 g/mol. The highest BCUT2D eigenvalue weighted by Gasteiger charge is 2.12. The number of hydrogen-bond acceptors (Lipinski definition) is 2. The molecule has 0 bridgehead atoms. The fourth-order valence-electron chi connectivity index (χ4n) is 2.14. The van der Waals surface area contributed by atoms with Crippen LogP contribution in [0, 0.1) is 6.92 Å². The van der Waals surface area contributed by atoms with Crippen LogP contribution in [0.5, 0.6) is 0 Å². The molecule has 0 N–H and O–H groups in total. The van der Waals surface area contributed by atoms with Crippen molar-refractivity contribution in [1.29, 1.82) is 0 Å². The molecule has 4 nitrogen and oxygen atoms in total. The van der Waals surface area contributed by atoms with E-state index in [1.807, 2.05) is 66.0 Å². The van der Waals surface area contributed by atoms with E-state index in [1.165, 1.54) is 0 Å². The minimum absolute atomic E-state index is 0.171. The summed E-state index contributed by atoms with van der Waals surface area (Å²) < 4.78 is 1.82. The van der Waals surface area contributed by atoms with E-state index in [0.717, 1.165) is 17.8 Å². The molecule has 1 heterocycles. The summed E-state index contributed by atoms with van der Waals surface area (Å²) in [6, 6.07) is 12.0. The third-order valence-corrected chi connectivity index (χ3v) is 3.28. The number of hydrogen-bond donors (Lipinski definition) is 0. The molecule has 0 fully saturated rings. The number of benzene rings is 1. The zero-order valence-corrected chi connectivity index (χ0v) is 12.1. The molecule has 4 heteroatoms. The molecule has 2 rings (SSSR count). The first-order valence-corrected chi connectivity index (χ1v) is 7.01. The van der Waals surface area contributed by atoms with Crippen LogP contribution in [0.3, 0.4) is 0 Å². The van der Waals surface area contributed by atoms with Gasteiger partial charge in [-0.15, -0.1) is 0 Å². The van der Waals surface area contributed by atoms with Gasteiger partial charge < -0.3 is 4.90 Å². The van der Waals surface area contributed by atoms with Gasteiger partial charge in [0.1, 0.15) is 0 Å². The number of carbonyl (C=O) groups is 1. The average Bonchev–Trinajstić information content (AvgIpc) is 2.89. The van der Waals surface area contributed by atoms with Crippen LogP contribution in [0.4, 0.5) is 0 Å². The number of nitrogens with zero attached hydrogens (tertiary/aromatic N) is 3. The van der Waals surface area contributed by atoms with Gasteiger partial charge in [-0.25, -0.2) is 0 Å². The van der Waals surface area contributed by atoms with E-state index in [1.54, 1.807) is 0 Å². The highest BCUT2D eigenvalue weighted by molar-refractivity contribution is 5.76. The molecule has 20 heavy (non-hydrogen) atoms. The van der Waals surface area contributed by atoms with E-state index >= 15 is 0 Å². The van der Waals surface area contributed by atoms with Crippen LogP contribution in [0.25, 0.3) is 0 Å². The SMILES string of the molecule is CCN(Cc1ccccc1)C(=O)CCn1ccc(C)n1. The van der Waals surface area contributed by atoms with Gasteiger partial charge in [0.2, 0.25) is 5.91 Å². The van der Waals surface area contributed by atoms with Gasteiger partial charge in [0.25, 0.3) is 0 Å². The number of aromatic nitrogens is 2. The van der Waals surface area contributed by atoms with Gasteiger partial charge in [-0.05, 0) is 25.5 Å². The first-order valence-electron chi connectivity index (χ1n) is 7.01. The molecule has 1 aromatic heterocycles. The molecule has 0 atom stereocenters. The number of aryl methyl sites for hydroxylation is 2. The van der Waals surface area contributed by atoms with E-state index in [0.29, 0.717) is 19.5 Å². The molecule has 0 aliphatic rings. The normalized spacial score (nSPS) is 10.5. The van der Waals surface area contributed by atoms with E-state index in [2.05, 4.69) is 5.10 Å². The standard InChI is InChI=1S/C16H21N3O/c1-3-18(13-15-7-5-4-6-8-15)16(20)10-12-19-11-9-14(2)17-19/h4-9,11H,3,10,12-13H2,1-2H3. The van der Waals surface area contributed by atoms with Crippen LogP contribution in [0.15, 0.2) is 42.6 Å². The lowest BCUT2D eigenvalue weighted by atomic mass is 10.2. The summed E-state index contributed by atoms with van der Waals surface area (Å²) in [7, 11) is 0. The van der Waals surface area contributed by atoms with Crippen LogP contribution in [0.1, 0.15) is 24.6 Å². The number of rotatable bonds is 6. The number of carbonyl (C=O) groups excluding carboxylic acids is 1. The van der Waals surface area contributed by atoms with Crippen molar-refractivity contribution in [1.82, 2.24) is 14.7 Å². The van der Waals surface area contributed by atoms with Crippen molar-refractivity contribution < 1.29 is 4.79 Å². The van der Waals surface area contributed by atoms with Crippen LogP contribution in [-0.4, -0.2) is 27.1 Å². The Kier molecular flexibility index (Phi) is 4.93. The predicted octanol–water partition coefficient (Wildman–Crippen LogP) is 2.63. The third kappa shape index (κ3) is 3.95. The van der Waals surface area contributed by atoms with Crippen LogP contribution in [0.2, 0.25) is 0 Å². The first kappa shape index (κ1) is 14.3. The second-order valence-corrected chi connectivity index (χ2v) is 4.86. The molecule has 106 valence electrons. The highest BCUT2D eigenvalue weighted by atomic mass is 16.2. The van der Waals surface area contributed by atoms with Crippen molar-refractivity contribution in [3.8, 4) is 0 Å². The van der Waals surface area contributed by atoms with Crippen LogP contribution < -0.4 is 0 Å². The van der Waals surface area contributed by atoms with Gasteiger partial charge in [-0.3, -0.25) is 9.48 Å². The largest absolute Gasteiger partial charge is 0.339 e. The van der Waals surface area contributed by atoms with Crippen LogP contribution in [-0.2, 0) is 17.9 Å². The van der Waals surface area contributed by atoms with E-state index in [9.17, 15) is 4.79 Å². The maximum Gasteiger partial charge on any atom is 0.224 e. The summed E-state index contributed by atoms with van der Waals surface area (Å²) in [6.07, 6.45) is 2.40. The Morgan fingerprint density at radius 2 is 2.00 bits per heavy atom. The first-order chi connectivity index (χ1) is 9.69. The predicted molar refractivity (Wildman–Crippen MR) is 79.1 cm³/mol. The molecule has 1 aromatic carbocycles. The Balaban J connectivity index is 1.89. The smallest absolute Gasteiger partial charge is 0.224 e. The molecule has 0 radical (unpaired) electrons. The molecule has 2 aromatic rings. The number of amides is 1. The maximum absolute atomic E-state index is 12.2. The zero-order chi connectivity index (χ0) is 14.4. The molecule has 0 saturated heterocycles. The fraction of sp³-hybridized carbons (Fsp3) is 0.375. The summed E-state index contributed by atoms with van der Waals surface area (Å²) in [5.41, 5.74) is 2.15. The molecule has 1 amide bonds. The molecular formula is C16H21N3O. The maximum atomic E-state index is 12.2. The summed E-state index contributed by atoms with van der Waals surface area (Å²) in [5.74, 6) is 0.171. The lowest BCUT2D eigenvalue weighted by Crippen LogP contribution is -2.31. The minimum Gasteiger partial charge on any atom is -0.339 e.